The molecule has 0 aliphatic carbocycles. The van der Waals surface area contributed by atoms with E-state index in [2.05, 4.69) is 55.0 Å². The van der Waals surface area contributed by atoms with Crippen LogP contribution in [-0.2, 0) is 11.2 Å². The molecular formula is C17H28BrNO2. The molecule has 0 atom stereocenters. The Hall–Kier alpha value is -0.580. The minimum absolute atomic E-state index is 0.682. The molecule has 4 heteroatoms. The first-order valence-corrected chi connectivity index (χ1v) is 8.37. The van der Waals surface area contributed by atoms with E-state index in [9.17, 15) is 0 Å². The second-order valence-corrected chi connectivity index (χ2v) is 6.63. The summed E-state index contributed by atoms with van der Waals surface area (Å²) in [6, 6.07) is 2.11. The Bertz CT molecular complexity index is 447. The van der Waals surface area contributed by atoms with Gasteiger partial charge in [-0.2, -0.15) is 0 Å². The van der Waals surface area contributed by atoms with E-state index in [0.717, 1.165) is 48.5 Å². The van der Waals surface area contributed by atoms with Gasteiger partial charge in [0.25, 0.3) is 0 Å². The highest BCUT2D eigenvalue weighted by molar-refractivity contribution is 9.10. The van der Waals surface area contributed by atoms with E-state index < -0.39 is 0 Å². The van der Waals surface area contributed by atoms with Crippen molar-refractivity contribution in [2.75, 3.05) is 33.4 Å². The number of hydrogen-bond donors (Lipinski definition) is 1. The zero-order valence-corrected chi connectivity index (χ0v) is 15.5. The van der Waals surface area contributed by atoms with Crippen molar-refractivity contribution in [3.8, 4) is 5.75 Å². The Morgan fingerprint density at radius 1 is 1.24 bits per heavy atom. The maximum Gasteiger partial charge on any atom is 0.125 e. The first-order valence-electron chi connectivity index (χ1n) is 7.58. The van der Waals surface area contributed by atoms with Crippen molar-refractivity contribution in [1.29, 1.82) is 0 Å². The highest BCUT2D eigenvalue weighted by Crippen LogP contribution is 2.32. The Balaban J connectivity index is 2.45. The van der Waals surface area contributed by atoms with E-state index in [4.69, 9.17) is 9.47 Å². The second kappa shape index (κ2) is 9.44. The van der Waals surface area contributed by atoms with Crippen LogP contribution in [-0.4, -0.2) is 33.4 Å². The fourth-order valence-electron chi connectivity index (χ4n) is 2.31. The maximum absolute atomic E-state index is 5.72. The molecule has 1 aromatic carbocycles. The average molecular weight is 358 g/mol. The monoisotopic (exact) mass is 357 g/mol. The van der Waals surface area contributed by atoms with Crippen molar-refractivity contribution in [2.24, 2.45) is 5.92 Å². The molecule has 0 radical (unpaired) electrons. The summed E-state index contributed by atoms with van der Waals surface area (Å²) in [7, 11) is 1.73. The van der Waals surface area contributed by atoms with Crippen molar-refractivity contribution >= 4 is 15.9 Å². The van der Waals surface area contributed by atoms with Crippen LogP contribution in [0.5, 0.6) is 5.75 Å². The zero-order valence-electron chi connectivity index (χ0n) is 13.9. The first kappa shape index (κ1) is 18.5. The Morgan fingerprint density at radius 2 is 1.95 bits per heavy atom. The average Bonchev–Trinajstić information content (AvgIpc) is 2.42. The van der Waals surface area contributed by atoms with Gasteiger partial charge in [0.05, 0.1) is 20.3 Å². The van der Waals surface area contributed by atoms with Crippen LogP contribution < -0.4 is 10.1 Å². The number of ether oxygens (including phenoxy) is 2. The summed E-state index contributed by atoms with van der Waals surface area (Å²) in [5.41, 5.74) is 3.63. The van der Waals surface area contributed by atoms with E-state index >= 15 is 0 Å². The largest absolute Gasteiger partial charge is 0.496 e. The molecule has 0 heterocycles. The lowest BCUT2D eigenvalue weighted by atomic mass is 10.0. The molecule has 3 nitrogen and oxygen atoms in total. The molecule has 0 saturated carbocycles. The van der Waals surface area contributed by atoms with Crippen molar-refractivity contribution in [1.82, 2.24) is 5.32 Å². The molecule has 1 rings (SSSR count). The van der Waals surface area contributed by atoms with Gasteiger partial charge in [-0.3, -0.25) is 0 Å². The van der Waals surface area contributed by atoms with Crippen molar-refractivity contribution in [3.05, 3.63) is 27.2 Å². The fraction of sp³-hybridized carbons (Fsp3) is 0.647. The van der Waals surface area contributed by atoms with Crippen LogP contribution in [0.1, 0.15) is 30.5 Å². The smallest absolute Gasteiger partial charge is 0.125 e. The molecule has 0 unspecified atom stereocenters. The summed E-state index contributed by atoms with van der Waals surface area (Å²) in [6.45, 7) is 12.0. The lowest BCUT2D eigenvalue weighted by Gasteiger charge is -2.16. The number of aryl methyl sites for hydroxylation is 1. The van der Waals surface area contributed by atoms with Gasteiger partial charge in [0, 0.05) is 16.6 Å². The number of benzene rings is 1. The van der Waals surface area contributed by atoms with Gasteiger partial charge in [-0.05, 0) is 49.9 Å². The number of halogens is 1. The van der Waals surface area contributed by atoms with Gasteiger partial charge < -0.3 is 14.8 Å². The summed E-state index contributed by atoms with van der Waals surface area (Å²) in [5, 5.41) is 3.38. The summed E-state index contributed by atoms with van der Waals surface area (Å²) in [6.07, 6.45) is 0.874. The maximum atomic E-state index is 5.72. The first-order chi connectivity index (χ1) is 9.97. The minimum atomic E-state index is 0.682. The Morgan fingerprint density at radius 3 is 2.57 bits per heavy atom. The molecule has 120 valence electrons. The quantitative estimate of drug-likeness (QED) is 0.680. The number of nitrogens with one attached hydrogen (secondary N) is 1. The molecule has 0 spiro atoms. The fourth-order valence-corrected chi connectivity index (χ4v) is 2.90. The molecule has 0 aliphatic heterocycles. The molecule has 1 aromatic rings. The molecule has 0 saturated heterocycles. The van der Waals surface area contributed by atoms with Crippen LogP contribution >= 0.6 is 15.9 Å². The summed E-state index contributed by atoms with van der Waals surface area (Å²) in [4.78, 5) is 0. The van der Waals surface area contributed by atoms with Crippen LogP contribution in [0.4, 0.5) is 0 Å². The standard InChI is InChI=1S/C17H28BrNO2/c1-12(2)11-19-7-9-21-8-6-15-14(4)16(18)10-13(3)17(15)20-5/h10,12,19H,6-9,11H2,1-5H3. The van der Waals surface area contributed by atoms with Gasteiger partial charge in [-0.25, -0.2) is 0 Å². The van der Waals surface area contributed by atoms with E-state index in [1.165, 1.54) is 11.1 Å². The van der Waals surface area contributed by atoms with Gasteiger partial charge in [0.2, 0.25) is 0 Å². The predicted molar refractivity (Wildman–Crippen MR) is 92.4 cm³/mol. The zero-order chi connectivity index (χ0) is 15.8. The van der Waals surface area contributed by atoms with E-state index in [1.54, 1.807) is 7.11 Å². The molecule has 21 heavy (non-hydrogen) atoms. The molecule has 0 bridgehead atoms. The second-order valence-electron chi connectivity index (χ2n) is 5.77. The van der Waals surface area contributed by atoms with E-state index in [1.807, 2.05) is 0 Å². The molecule has 0 aromatic heterocycles. The third-order valence-corrected chi connectivity index (χ3v) is 4.29. The van der Waals surface area contributed by atoms with Gasteiger partial charge in [0.15, 0.2) is 0 Å². The summed E-state index contributed by atoms with van der Waals surface area (Å²) >= 11 is 3.61. The van der Waals surface area contributed by atoms with Crippen molar-refractivity contribution in [2.45, 2.75) is 34.1 Å². The van der Waals surface area contributed by atoms with Crippen molar-refractivity contribution < 1.29 is 9.47 Å². The molecule has 0 amide bonds. The third-order valence-electron chi connectivity index (χ3n) is 3.46. The number of hydrogen-bond acceptors (Lipinski definition) is 3. The van der Waals surface area contributed by atoms with Gasteiger partial charge in [0.1, 0.15) is 5.75 Å². The molecule has 0 aliphatic rings. The van der Waals surface area contributed by atoms with Crippen LogP contribution in [0.15, 0.2) is 10.5 Å². The lowest BCUT2D eigenvalue weighted by molar-refractivity contribution is 0.138. The van der Waals surface area contributed by atoms with E-state index in [-0.39, 0.29) is 0 Å². The summed E-state index contributed by atoms with van der Waals surface area (Å²) in [5.74, 6) is 1.67. The predicted octanol–water partition coefficient (Wildman–Crippen LogP) is 3.88. The minimum Gasteiger partial charge on any atom is -0.496 e. The Kier molecular flexibility index (Phi) is 8.30. The van der Waals surface area contributed by atoms with Crippen LogP contribution in [0.3, 0.4) is 0 Å². The van der Waals surface area contributed by atoms with Gasteiger partial charge >= 0.3 is 0 Å². The van der Waals surface area contributed by atoms with Gasteiger partial charge in [-0.15, -0.1) is 0 Å². The van der Waals surface area contributed by atoms with Crippen LogP contribution in [0.2, 0.25) is 0 Å². The van der Waals surface area contributed by atoms with Gasteiger partial charge in [-0.1, -0.05) is 29.8 Å². The Labute approximate surface area is 137 Å². The topological polar surface area (TPSA) is 30.5 Å². The molecule has 0 fully saturated rings. The third kappa shape index (κ3) is 5.97. The molecular weight excluding hydrogens is 330 g/mol. The van der Waals surface area contributed by atoms with E-state index in [0.29, 0.717) is 5.92 Å². The highest BCUT2D eigenvalue weighted by Gasteiger charge is 2.12. The molecule has 1 N–H and O–H groups in total. The SMILES string of the molecule is COc1c(C)cc(Br)c(C)c1CCOCCNCC(C)C. The van der Waals surface area contributed by atoms with Crippen LogP contribution in [0, 0.1) is 19.8 Å². The normalized spacial score (nSPS) is 11.2. The number of rotatable bonds is 9. The summed E-state index contributed by atoms with van der Waals surface area (Å²) < 4.78 is 12.4. The van der Waals surface area contributed by atoms with Crippen LogP contribution in [0.25, 0.3) is 0 Å². The lowest BCUT2D eigenvalue weighted by Crippen LogP contribution is -2.24. The highest BCUT2D eigenvalue weighted by atomic mass is 79.9. The number of methoxy groups -OCH3 is 1. The van der Waals surface area contributed by atoms with Crippen molar-refractivity contribution in [3.63, 3.8) is 0 Å².